The first-order valence-corrected chi connectivity index (χ1v) is 6.10. The summed E-state index contributed by atoms with van der Waals surface area (Å²) in [6.45, 7) is 6.41. The third-order valence-corrected chi connectivity index (χ3v) is 3.42. The van der Waals surface area contributed by atoms with Crippen LogP contribution in [0.2, 0.25) is 0 Å². The Morgan fingerprint density at radius 3 is 2.53 bits per heavy atom. The van der Waals surface area contributed by atoms with E-state index in [1.807, 2.05) is 0 Å². The lowest BCUT2D eigenvalue weighted by Gasteiger charge is -2.22. The maximum absolute atomic E-state index is 11.9. The highest BCUT2D eigenvalue weighted by molar-refractivity contribution is 5.79. The summed E-state index contributed by atoms with van der Waals surface area (Å²) in [6.07, 6.45) is 3.82. The van der Waals surface area contributed by atoms with Crippen molar-refractivity contribution in [3.05, 3.63) is 0 Å². The third kappa shape index (κ3) is 3.49. The van der Waals surface area contributed by atoms with Crippen LogP contribution in [-0.2, 0) is 4.79 Å². The quantitative estimate of drug-likeness (QED) is 0.744. The Kier molecular flexibility index (Phi) is 4.58. The van der Waals surface area contributed by atoms with E-state index in [2.05, 4.69) is 26.1 Å². The second-order valence-electron chi connectivity index (χ2n) is 5.04. The SMILES string of the molecule is CCC(NC(=O)C1CCC(N)C1)C(C)C. The van der Waals surface area contributed by atoms with Crippen molar-refractivity contribution in [1.29, 1.82) is 0 Å². The number of carbonyl (C=O) groups is 1. The van der Waals surface area contributed by atoms with Crippen LogP contribution in [0.15, 0.2) is 0 Å². The van der Waals surface area contributed by atoms with Gasteiger partial charge in [-0.2, -0.15) is 0 Å². The van der Waals surface area contributed by atoms with Crippen LogP contribution < -0.4 is 11.1 Å². The molecule has 3 N–H and O–H groups in total. The first kappa shape index (κ1) is 12.5. The number of amides is 1. The van der Waals surface area contributed by atoms with Crippen molar-refractivity contribution in [1.82, 2.24) is 5.32 Å². The topological polar surface area (TPSA) is 55.1 Å². The average Bonchev–Trinajstić information content (AvgIpc) is 2.60. The normalized spacial score (nSPS) is 28.1. The molecule has 1 amide bonds. The molecule has 3 atom stereocenters. The van der Waals surface area contributed by atoms with E-state index in [9.17, 15) is 4.79 Å². The minimum atomic E-state index is 0.160. The minimum Gasteiger partial charge on any atom is -0.353 e. The van der Waals surface area contributed by atoms with E-state index in [0.29, 0.717) is 12.0 Å². The van der Waals surface area contributed by atoms with Gasteiger partial charge in [-0.25, -0.2) is 0 Å². The summed E-state index contributed by atoms with van der Waals surface area (Å²) in [7, 11) is 0. The highest BCUT2D eigenvalue weighted by atomic mass is 16.1. The van der Waals surface area contributed by atoms with Crippen molar-refractivity contribution in [2.24, 2.45) is 17.6 Å². The summed E-state index contributed by atoms with van der Waals surface area (Å²) >= 11 is 0. The van der Waals surface area contributed by atoms with Gasteiger partial charge in [-0.15, -0.1) is 0 Å². The van der Waals surface area contributed by atoms with Gasteiger partial charge in [0.25, 0.3) is 0 Å². The Balaban J connectivity index is 2.40. The summed E-state index contributed by atoms with van der Waals surface area (Å²) in [6, 6.07) is 0.550. The predicted molar refractivity (Wildman–Crippen MR) is 62.4 cm³/mol. The first-order valence-electron chi connectivity index (χ1n) is 6.10. The molecule has 0 bridgehead atoms. The van der Waals surface area contributed by atoms with Gasteiger partial charge in [0.2, 0.25) is 5.91 Å². The zero-order valence-electron chi connectivity index (χ0n) is 10.1. The molecule has 3 nitrogen and oxygen atoms in total. The Morgan fingerprint density at radius 1 is 1.47 bits per heavy atom. The van der Waals surface area contributed by atoms with E-state index < -0.39 is 0 Å². The Bertz CT molecular complexity index is 216. The fourth-order valence-corrected chi connectivity index (χ4v) is 2.30. The molecule has 15 heavy (non-hydrogen) atoms. The Labute approximate surface area is 92.8 Å². The maximum Gasteiger partial charge on any atom is 0.223 e. The van der Waals surface area contributed by atoms with Gasteiger partial charge < -0.3 is 11.1 Å². The van der Waals surface area contributed by atoms with Gasteiger partial charge in [0.15, 0.2) is 0 Å². The lowest BCUT2D eigenvalue weighted by Crippen LogP contribution is -2.41. The van der Waals surface area contributed by atoms with Crippen LogP contribution in [0, 0.1) is 11.8 Å². The van der Waals surface area contributed by atoms with Gasteiger partial charge >= 0.3 is 0 Å². The molecule has 0 aromatic carbocycles. The second kappa shape index (κ2) is 5.50. The molecular formula is C12H24N2O. The number of rotatable bonds is 4. The summed E-state index contributed by atoms with van der Waals surface area (Å²) in [5.74, 6) is 0.880. The van der Waals surface area contributed by atoms with Crippen molar-refractivity contribution in [3.8, 4) is 0 Å². The van der Waals surface area contributed by atoms with Crippen LogP contribution in [0.25, 0.3) is 0 Å². The summed E-state index contributed by atoms with van der Waals surface area (Å²) in [4.78, 5) is 11.9. The van der Waals surface area contributed by atoms with Crippen LogP contribution in [0.1, 0.15) is 46.5 Å². The monoisotopic (exact) mass is 212 g/mol. The van der Waals surface area contributed by atoms with Crippen LogP contribution in [0.3, 0.4) is 0 Å². The van der Waals surface area contributed by atoms with Crippen LogP contribution in [0.4, 0.5) is 0 Å². The van der Waals surface area contributed by atoms with E-state index in [-0.39, 0.29) is 17.9 Å². The number of hydrogen-bond acceptors (Lipinski definition) is 2. The smallest absolute Gasteiger partial charge is 0.223 e. The van der Waals surface area contributed by atoms with Gasteiger partial charge in [-0.05, 0) is 31.6 Å². The largest absolute Gasteiger partial charge is 0.353 e. The Morgan fingerprint density at radius 2 is 2.13 bits per heavy atom. The van der Waals surface area contributed by atoms with Gasteiger partial charge in [-0.3, -0.25) is 4.79 Å². The number of carbonyl (C=O) groups excluding carboxylic acids is 1. The zero-order chi connectivity index (χ0) is 11.4. The molecule has 1 aliphatic carbocycles. The summed E-state index contributed by atoms with van der Waals surface area (Å²) in [5.41, 5.74) is 5.81. The summed E-state index contributed by atoms with van der Waals surface area (Å²) in [5, 5.41) is 3.13. The zero-order valence-corrected chi connectivity index (χ0v) is 10.1. The van der Waals surface area contributed by atoms with Gasteiger partial charge in [0.1, 0.15) is 0 Å². The molecule has 0 spiro atoms. The van der Waals surface area contributed by atoms with E-state index in [1.54, 1.807) is 0 Å². The minimum absolute atomic E-state index is 0.160. The van der Waals surface area contributed by atoms with Gasteiger partial charge in [-0.1, -0.05) is 20.8 Å². The molecular weight excluding hydrogens is 188 g/mol. The molecule has 0 heterocycles. The fraction of sp³-hybridized carbons (Fsp3) is 0.917. The van der Waals surface area contributed by atoms with Crippen molar-refractivity contribution in [2.45, 2.75) is 58.5 Å². The average molecular weight is 212 g/mol. The van der Waals surface area contributed by atoms with Crippen LogP contribution in [-0.4, -0.2) is 18.0 Å². The maximum atomic E-state index is 11.9. The molecule has 1 aliphatic rings. The van der Waals surface area contributed by atoms with Crippen LogP contribution >= 0.6 is 0 Å². The second-order valence-corrected chi connectivity index (χ2v) is 5.04. The van der Waals surface area contributed by atoms with Gasteiger partial charge in [0, 0.05) is 18.0 Å². The number of hydrogen-bond donors (Lipinski definition) is 2. The predicted octanol–water partition coefficient (Wildman–Crippen LogP) is 1.66. The third-order valence-electron chi connectivity index (χ3n) is 3.42. The number of nitrogens with one attached hydrogen (secondary N) is 1. The van der Waals surface area contributed by atoms with E-state index in [0.717, 1.165) is 25.7 Å². The van der Waals surface area contributed by atoms with E-state index in [1.165, 1.54) is 0 Å². The van der Waals surface area contributed by atoms with Crippen molar-refractivity contribution >= 4 is 5.91 Å². The molecule has 1 fully saturated rings. The molecule has 1 saturated carbocycles. The lowest BCUT2D eigenvalue weighted by molar-refractivity contribution is -0.125. The Hall–Kier alpha value is -0.570. The fourth-order valence-electron chi connectivity index (χ4n) is 2.30. The lowest BCUT2D eigenvalue weighted by atomic mass is 10.00. The highest BCUT2D eigenvalue weighted by Crippen LogP contribution is 2.24. The van der Waals surface area contributed by atoms with Crippen LogP contribution in [0.5, 0.6) is 0 Å². The van der Waals surface area contributed by atoms with Crippen molar-refractivity contribution in [2.75, 3.05) is 0 Å². The van der Waals surface area contributed by atoms with E-state index >= 15 is 0 Å². The molecule has 3 heteroatoms. The molecule has 0 radical (unpaired) electrons. The molecule has 0 aromatic heterocycles. The molecule has 3 unspecified atom stereocenters. The molecule has 88 valence electrons. The molecule has 1 rings (SSSR count). The molecule has 0 saturated heterocycles. The summed E-state index contributed by atoms with van der Waals surface area (Å²) < 4.78 is 0. The van der Waals surface area contributed by atoms with E-state index in [4.69, 9.17) is 5.73 Å². The molecule has 0 aromatic rings. The van der Waals surface area contributed by atoms with Gasteiger partial charge in [0.05, 0.1) is 0 Å². The number of nitrogens with two attached hydrogens (primary N) is 1. The molecule has 0 aliphatic heterocycles. The van der Waals surface area contributed by atoms with Crippen molar-refractivity contribution < 1.29 is 4.79 Å². The highest BCUT2D eigenvalue weighted by Gasteiger charge is 2.29. The van der Waals surface area contributed by atoms with Crippen molar-refractivity contribution in [3.63, 3.8) is 0 Å². The first-order chi connectivity index (χ1) is 7.04. The standard InChI is InChI=1S/C12H24N2O/c1-4-11(8(2)3)14-12(15)9-5-6-10(13)7-9/h8-11H,4-7,13H2,1-3H3,(H,14,15).